The van der Waals surface area contributed by atoms with Crippen LogP contribution in [-0.4, -0.2) is 16.3 Å². The number of hydrogen-bond donors (Lipinski definition) is 1. The van der Waals surface area contributed by atoms with E-state index in [0.717, 1.165) is 25.9 Å². The van der Waals surface area contributed by atoms with Gasteiger partial charge in [-0.3, -0.25) is 4.68 Å². The summed E-state index contributed by atoms with van der Waals surface area (Å²) in [5, 5.41) is 11.1. The Morgan fingerprint density at radius 1 is 1.17 bits per heavy atom. The van der Waals surface area contributed by atoms with Crippen LogP contribution in [0.2, 0.25) is 0 Å². The average Bonchev–Trinajstić information content (AvgIpc) is 2.92. The van der Waals surface area contributed by atoms with E-state index in [1.807, 2.05) is 0 Å². The van der Waals surface area contributed by atoms with E-state index < -0.39 is 0 Å². The number of rotatable bonds is 3. The lowest BCUT2D eigenvalue weighted by molar-refractivity contribution is 0.484. The van der Waals surface area contributed by atoms with Crippen LogP contribution < -0.4 is 5.32 Å². The first kappa shape index (κ1) is 14.5. The quantitative estimate of drug-likeness (QED) is 0.798. The van der Waals surface area contributed by atoms with Crippen LogP contribution in [0.25, 0.3) is 10.8 Å². The van der Waals surface area contributed by atoms with Crippen LogP contribution in [0.3, 0.4) is 0 Å². The van der Waals surface area contributed by atoms with E-state index in [0.29, 0.717) is 6.04 Å². The molecule has 3 aromatic rings. The molecular weight excluding hydrogens is 282 g/mol. The van der Waals surface area contributed by atoms with Crippen molar-refractivity contribution in [2.45, 2.75) is 39.3 Å². The molecule has 1 aliphatic rings. The Balaban J connectivity index is 1.68. The van der Waals surface area contributed by atoms with Gasteiger partial charge in [0.05, 0.1) is 5.69 Å². The molecule has 0 bridgehead atoms. The Labute approximate surface area is 137 Å². The molecule has 2 heterocycles. The van der Waals surface area contributed by atoms with E-state index in [9.17, 15) is 0 Å². The molecule has 0 aliphatic carbocycles. The van der Waals surface area contributed by atoms with Crippen molar-refractivity contribution in [3.63, 3.8) is 0 Å². The molecule has 0 spiro atoms. The summed E-state index contributed by atoms with van der Waals surface area (Å²) in [6, 6.07) is 15.8. The number of aryl methyl sites for hydroxylation is 2. The van der Waals surface area contributed by atoms with Gasteiger partial charge in [-0.05, 0) is 36.6 Å². The van der Waals surface area contributed by atoms with Gasteiger partial charge in [-0.15, -0.1) is 0 Å². The van der Waals surface area contributed by atoms with Crippen LogP contribution in [0.15, 0.2) is 42.5 Å². The minimum Gasteiger partial charge on any atom is -0.309 e. The Morgan fingerprint density at radius 3 is 2.83 bits per heavy atom. The van der Waals surface area contributed by atoms with E-state index in [4.69, 9.17) is 5.10 Å². The van der Waals surface area contributed by atoms with Gasteiger partial charge in [0, 0.05) is 36.8 Å². The van der Waals surface area contributed by atoms with Crippen LogP contribution in [0, 0.1) is 6.92 Å². The molecule has 0 amide bonds. The Hall–Kier alpha value is -2.13. The monoisotopic (exact) mass is 305 g/mol. The molecular formula is C20H23N3. The van der Waals surface area contributed by atoms with Crippen LogP contribution in [0.5, 0.6) is 0 Å². The Bertz CT molecular complexity index is 847. The summed E-state index contributed by atoms with van der Waals surface area (Å²) < 4.78 is 2.18. The van der Waals surface area contributed by atoms with Gasteiger partial charge in [-0.2, -0.15) is 5.10 Å². The third-order valence-corrected chi connectivity index (χ3v) is 4.94. The van der Waals surface area contributed by atoms with E-state index in [1.54, 1.807) is 0 Å². The molecule has 0 fully saturated rings. The molecule has 2 aromatic carbocycles. The number of benzene rings is 2. The molecule has 1 aliphatic heterocycles. The van der Waals surface area contributed by atoms with Crippen LogP contribution in [0.4, 0.5) is 0 Å². The first-order chi connectivity index (χ1) is 11.3. The largest absolute Gasteiger partial charge is 0.309 e. The minimum atomic E-state index is 0.375. The maximum atomic E-state index is 4.73. The molecule has 0 saturated heterocycles. The van der Waals surface area contributed by atoms with Crippen molar-refractivity contribution in [2.24, 2.45) is 0 Å². The number of fused-ring (bicyclic) bond motifs is 2. The summed E-state index contributed by atoms with van der Waals surface area (Å²) >= 11 is 0. The van der Waals surface area contributed by atoms with E-state index in [-0.39, 0.29) is 0 Å². The van der Waals surface area contributed by atoms with Crippen molar-refractivity contribution in [2.75, 3.05) is 6.54 Å². The van der Waals surface area contributed by atoms with Crippen molar-refractivity contribution in [1.82, 2.24) is 15.1 Å². The summed E-state index contributed by atoms with van der Waals surface area (Å²) in [6.45, 7) is 6.31. The summed E-state index contributed by atoms with van der Waals surface area (Å²) in [4.78, 5) is 0. The Morgan fingerprint density at radius 2 is 2.00 bits per heavy atom. The minimum absolute atomic E-state index is 0.375. The fourth-order valence-electron chi connectivity index (χ4n) is 3.86. The lowest BCUT2D eigenvalue weighted by atomic mass is 9.92. The molecule has 3 heteroatoms. The SMILES string of the molecule is CCn1nc(C)c2c1CCN[C@@H]2Cc1ccc2ccccc2c1. The van der Waals surface area contributed by atoms with Crippen molar-refractivity contribution in [3.05, 3.63) is 65.0 Å². The standard InChI is InChI=1S/C20H23N3/c1-3-23-19-10-11-21-18(20(19)14(2)22-23)13-15-8-9-16-6-4-5-7-17(16)12-15/h4-9,12,18,21H,3,10-11,13H2,1-2H3/t18-/m1/s1. The smallest absolute Gasteiger partial charge is 0.0644 e. The maximum absolute atomic E-state index is 4.73. The highest BCUT2D eigenvalue weighted by atomic mass is 15.3. The summed E-state index contributed by atoms with van der Waals surface area (Å²) in [7, 11) is 0. The lowest BCUT2D eigenvalue weighted by Gasteiger charge is -2.25. The fourth-order valence-corrected chi connectivity index (χ4v) is 3.86. The highest BCUT2D eigenvalue weighted by Crippen LogP contribution is 2.29. The molecule has 3 nitrogen and oxygen atoms in total. The topological polar surface area (TPSA) is 29.9 Å². The first-order valence-corrected chi connectivity index (χ1v) is 8.53. The molecule has 23 heavy (non-hydrogen) atoms. The van der Waals surface area contributed by atoms with Gasteiger partial charge >= 0.3 is 0 Å². The van der Waals surface area contributed by atoms with Crippen LogP contribution >= 0.6 is 0 Å². The second-order valence-corrected chi connectivity index (χ2v) is 6.40. The number of nitrogens with one attached hydrogen (secondary N) is 1. The average molecular weight is 305 g/mol. The van der Waals surface area contributed by atoms with Crippen LogP contribution in [-0.2, 0) is 19.4 Å². The maximum Gasteiger partial charge on any atom is 0.0644 e. The molecule has 118 valence electrons. The van der Waals surface area contributed by atoms with Gasteiger partial charge in [-0.1, -0.05) is 42.5 Å². The zero-order valence-electron chi connectivity index (χ0n) is 13.8. The van der Waals surface area contributed by atoms with Crippen molar-refractivity contribution in [1.29, 1.82) is 0 Å². The first-order valence-electron chi connectivity index (χ1n) is 8.53. The number of aromatic nitrogens is 2. The normalized spacial score (nSPS) is 17.4. The van der Waals surface area contributed by atoms with Gasteiger partial charge in [0.15, 0.2) is 0 Å². The zero-order chi connectivity index (χ0) is 15.8. The van der Waals surface area contributed by atoms with E-state index >= 15 is 0 Å². The van der Waals surface area contributed by atoms with Gasteiger partial charge < -0.3 is 5.32 Å². The molecule has 0 unspecified atom stereocenters. The fraction of sp³-hybridized carbons (Fsp3) is 0.350. The number of nitrogens with zero attached hydrogens (tertiary/aromatic N) is 2. The number of hydrogen-bond acceptors (Lipinski definition) is 2. The van der Waals surface area contributed by atoms with Crippen LogP contribution in [0.1, 0.15) is 35.5 Å². The molecule has 1 atom stereocenters. The zero-order valence-corrected chi connectivity index (χ0v) is 13.8. The highest BCUT2D eigenvalue weighted by Gasteiger charge is 2.26. The summed E-state index contributed by atoms with van der Waals surface area (Å²) in [6.07, 6.45) is 2.10. The lowest BCUT2D eigenvalue weighted by Crippen LogP contribution is -2.32. The molecule has 0 saturated carbocycles. The summed E-state index contributed by atoms with van der Waals surface area (Å²) in [5.74, 6) is 0. The van der Waals surface area contributed by atoms with Gasteiger partial charge in [-0.25, -0.2) is 0 Å². The molecule has 1 aromatic heterocycles. The summed E-state index contributed by atoms with van der Waals surface area (Å²) in [5.41, 5.74) is 5.42. The molecule has 1 N–H and O–H groups in total. The van der Waals surface area contributed by atoms with E-state index in [1.165, 1.54) is 33.3 Å². The van der Waals surface area contributed by atoms with Crippen molar-refractivity contribution in [3.8, 4) is 0 Å². The Kier molecular flexibility index (Phi) is 3.66. The van der Waals surface area contributed by atoms with Gasteiger partial charge in [0.2, 0.25) is 0 Å². The van der Waals surface area contributed by atoms with Crippen molar-refractivity contribution < 1.29 is 0 Å². The highest BCUT2D eigenvalue weighted by molar-refractivity contribution is 5.83. The second-order valence-electron chi connectivity index (χ2n) is 6.40. The third kappa shape index (κ3) is 2.55. The van der Waals surface area contributed by atoms with Gasteiger partial charge in [0.25, 0.3) is 0 Å². The molecule has 4 rings (SSSR count). The second kappa shape index (κ2) is 5.82. The van der Waals surface area contributed by atoms with Crippen molar-refractivity contribution >= 4 is 10.8 Å². The molecule has 0 radical (unpaired) electrons. The predicted octanol–water partition coefficient (Wildman–Crippen LogP) is 3.79. The van der Waals surface area contributed by atoms with Gasteiger partial charge in [0.1, 0.15) is 0 Å². The predicted molar refractivity (Wildman–Crippen MR) is 94.7 cm³/mol. The third-order valence-electron chi connectivity index (χ3n) is 4.94. The van der Waals surface area contributed by atoms with E-state index in [2.05, 4.69) is 66.3 Å².